The fourth-order valence-corrected chi connectivity index (χ4v) is 5.18. The van der Waals surface area contributed by atoms with Crippen molar-refractivity contribution in [1.29, 1.82) is 0 Å². The quantitative estimate of drug-likeness (QED) is 0.423. The predicted molar refractivity (Wildman–Crippen MR) is 130 cm³/mol. The van der Waals surface area contributed by atoms with Gasteiger partial charge in [0.1, 0.15) is 5.69 Å². The molecule has 0 fully saturated rings. The van der Waals surface area contributed by atoms with Gasteiger partial charge < -0.3 is 5.32 Å². The van der Waals surface area contributed by atoms with Crippen LogP contribution in [-0.2, 0) is 17.1 Å². The molecule has 1 heterocycles. The molecular weight excluding hydrogens is 438 g/mol. The highest BCUT2D eigenvalue weighted by atomic mass is 32.2. The molecule has 2 aromatic carbocycles. The van der Waals surface area contributed by atoms with Crippen molar-refractivity contribution >= 4 is 27.3 Å². The van der Waals surface area contributed by atoms with Gasteiger partial charge in [-0.2, -0.15) is 23.4 Å². The zero-order chi connectivity index (χ0) is 24.5. The minimum Gasteiger partial charge on any atom is -0.321 e. The molecule has 3 rings (SSSR count). The van der Waals surface area contributed by atoms with Crippen LogP contribution in [0.2, 0.25) is 0 Å². The molecule has 0 radical (unpaired) electrons. The van der Waals surface area contributed by atoms with Crippen molar-refractivity contribution in [2.24, 2.45) is 12.1 Å². The van der Waals surface area contributed by atoms with Crippen molar-refractivity contribution in [3.05, 3.63) is 75.6 Å². The number of sulfonamides is 1. The van der Waals surface area contributed by atoms with Gasteiger partial charge in [-0.05, 0) is 93.1 Å². The number of amides is 1. The minimum absolute atomic E-state index is 0.261. The summed E-state index contributed by atoms with van der Waals surface area (Å²) < 4.78 is 27.7. The summed E-state index contributed by atoms with van der Waals surface area (Å²) in [5, 5.41) is 11.0. The van der Waals surface area contributed by atoms with E-state index >= 15 is 0 Å². The van der Waals surface area contributed by atoms with Crippen molar-refractivity contribution in [3.8, 4) is 0 Å². The first-order valence-corrected chi connectivity index (χ1v) is 11.9. The van der Waals surface area contributed by atoms with Crippen LogP contribution in [0.1, 0.15) is 50.8 Å². The van der Waals surface area contributed by atoms with Crippen LogP contribution in [0.4, 0.5) is 5.69 Å². The highest BCUT2D eigenvalue weighted by Gasteiger charge is 2.23. The summed E-state index contributed by atoms with van der Waals surface area (Å²) in [6.07, 6.45) is 1.55. The Labute approximate surface area is 194 Å². The van der Waals surface area contributed by atoms with E-state index in [0.29, 0.717) is 22.7 Å². The summed E-state index contributed by atoms with van der Waals surface area (Å²) in [6, 6.07) is 8.67. The van der Waals surface area contributed by atoms with Crippen LogP contribution in [0.15, 0.2) is 46.5 Å². The van der Waals surface area contributed by atoms with Crippen LogP contribution in [0.25, 0.3) is 0 Å². The summed E-state index contributed by atoms with van der Waals surface area (Å²) in [7, 11) is -2.18. The molecule has 0 saturated carbocycles. The maximum atomic E-state index is 13.1. The first kappa shape index (κ1) is 24.2. The van der Waals surface area contributed by atoms with E-state index < -0.39 is 10.0 Å². The van der Waals surface area contributed by atoms with E-state index in [1.54, 1.807) is 50.5 Å². The molecule has 33 heavy (non-hydrogen) atoms. The van der Waals surface area contributed by atoms with Crippen LogP contribution in [0, 0.1) is 34.6 Å². The molecule has 1 aromatic heterocycles. The average molecular weight is 468 g/mol. The van der Waals surface area contributed by atoms with Gasteiger partial charge in [-0.1, -0.05) is 12.1 Å². The van der Waals surface area contributed by atoms with Crippen LogP contribution in [-0.4, -0.2) is 29.8 Å². The van der Waals surface area contributed by atoms with Crippen molar-refractivity contribution in [1.82, 2.24) is 14.6 Å². The van der Waals surface area contributed by atoms with Crippen molar-refractivity contribution in [2.45, 2.75) is 46.4 Å². The Balaban J connectivity index is 1.85. The lowest BCUT2D eigenvalue weighted by atomic mass is 9.95. The molecule has 2 N–H and O–H groups in total. The standard InChI is InChI=1S/C24H29N5O3S/c1-14-15(2)17(4)23(18(5)16(14)3)33(31,32)28-27-19(6)20-9-8-10-21(13-20)26-24(30)22-11-12-25-29(22)7/h8-13,28H,1-7H3,(H,26,30). The molecule has 0 aliphatic heterocycles. The fraction of sp³-hybridized carbons (Fsp3) is 0.292. The maximum Gasteiger partial charge on any atom is 0.277 e. The van der Waals surface area contributed by atoms with Crippen molar-refractivity contribution in [2.75, 3.05) is 5.32 Å². The second-order valence-corrected chi connectivity index (χ2v) is 9.72. The summed E-state index contributed by atoms with van der Waals surface area (Å²) in [5.74, 6) is -0.293. The predicted octanol–water partition coefficient (Wildman–Crippen LogP) is 3.92. The molecule has 0 bridgehead atoms. The van der Waals surface area contributed by atoms with Gasteiger partial charge in [0.05, 0.1) is 10.6 Å². The summed E-state index contributed by atoms with van der Waals surface area (Å²) in [6.45, 7) is 11.2. The van der Waals surface area contributed by atoms with E-state index in [4.69, 9.17) is 0 Å². The van der Waals surface area contributed by atoms with E-state index in [1.165, 1.54) is 4.68 Å². The third-order valence-electron chi connectivity index (χ3n) is 6.13. The highest BCUT2D eigenvalue weighted by Crippen LogP contribution is 2.29. The average Bonchev–Trinajstić information content (AvgIpc) is 3.21. The van der Waals surface area contributed by atoms with Gasteiger partial charge in [-0.25, -0.2) is 0 Å². The molecule has 0 aliphatic carbocycles. The summed E-state index contributed by atoms with van der Waals surface area (Å²) in [5.41, 5.74) is 6.56. The van der Waals surface area contributed by atoms with Crippen molar-refractivity contribution < 1.29 is 13.2 Å². The molecular formula is C24H29N5O3S. The number of hydrogen-bond acceptors (Lipinski definition) is 5. The second kappa shape index (κ2) is 9.19. The zero-order valence-electron chi connectivity index (χ0n) is 19.9. The topological polar surface area (TPSA) is 105 Å². The Morgan fingerprint density at radius 1 is 0.970 bits per heavy atom. The van der Waals surface area contributed by atoms with Crippen LogP contribution in [0.5, 0.6) is 0 Å². The van der Waals surface area contributed by atoms with Crippen LogP contribution < -0.4 is 10.1 Å². The number of rotatable bonds is 6. The lowest BCUT2D eigenvalue weighted by molar-refractivity contribution is 0.101. The molecule has 1 amide bonds. The van der Waals surface area contributed by atoms with Gasteiger partial charge >= 0.3 is 0 Å². The van der Waals surface area contributed by atoms with Gasteiger partial charge in [0.15, 0.2) is 0 Å². The van der Waals surface area contributed by atoms with E-state index in [-0.39, 0.29) is 10.8 Å². The second-order valence-electron chi connectivity index (χ2n) is 8.12. The van der Waals surface area contributed by atoms with Gasteiger partial charge in [0.2, 0.25) is 0 Å². The third kappa shape index (κ3) is 4.83. The summed E-state index contributed by atoms with van der Waals surface area (Å²) in [4.78, 5) is 15.1. The fourth-order valence-electron chi connectivity index (χ4n) is 3.72. The highest BCUT2D eigenvalue weighted by molar-refractivity contribution is 7.89. The Bertz CT molecular complexity index is 1340. The Morgan fingerprint density at radius 2 is 1.58 bits per heavy atom. The lowest BCUT2D eigenvalue weighted by Gasteiger charge is -2.18. The third-order valence-corrected chi connectivity index (χ3v) is 7.61. The summed E-state index contributed by atoms with van der Waals surface area (Å²) >= 11 is 0. The van der Waals surface area contributed by atoms with Gasteiger partial charge in [-0.3, -0.25) is 9.48 Å². The normalized spacial score (nSPS) is 12.0. The van der Waals surface area contributed by atoms with Crippen molar-refractivity contribution in [3.63, 3.8) is 0 Å². The van der Waals surface area contributed by atoms with E-state index in [2.05, 4.69) is 20.3 Å². The number of nitrogens with zero attached hydrogens (tertiary/aromatic N) is 3. The number of nitrogens with one attached hydrogen (secondary N) is 2. The number of benzene rings is 2. The number of aryl methyl sites for hydroxylation is 1. The number of carbonyl (C=O) groups is 1. The molecule has 0 aliphatic rings. The SMILES string of the molecule is CC(=NNS(=O)(=O)c1c(C)c(C)c(C)c(C)c1C)c1cccc(NC(=O)c2ccnn2C)c1. The molecule has 0 saturated heterocycles. The molecule has 0 atom stereocenters. The Hall–Kier alpha value is -3.46. The molecule has 8 nitrogen and oxygen atoms in total. The first-order valence-electron chi connectivity index (χ1n) is 10.5. The monoisotopic (exact) mass is 467 g/mol. The van der Waals surface area contributed by atoms with E-state index in [1.807, 2.05) is 34.6 Å². The molecule has 0 unspecified atom stereocenters. The zero-order valence-corrected chi connectivity index (χ0v) is 20.8. The number of anilines is 1. The number of aromatic nitrogens is 2. The largest absolute Gasteiger partial charge is 0.321 e. The first-order chi connectivity index (χ1) is 15.4. The van der Waals surface area contributed by atoms with Crippen LogP contribution in [0.3, 0.4) is 0 Å². The van der Waals surface area contributed by atoms with E-state index in [9.17, 15) is 13.2 Å². The molecule has 174 valence electrons. The lowest BCUT2D eigenvalue weighted by Crippen LogP contribution is -2.23. The number of carbonyl (C=O) groups excluding carboxylic acids is 1. The smallest absolute Gasteiger partial charge is 0.277 e. The van der Waals surface area contributed by atoms with Gasteiger partial charge in [0.25, 0.3) is 15.9 Å². The minimum atomic E-state index is -3.87. The number of hydrazone groups is 1. The molecule has 3 aromatic rings. The van der Waals surface area contributed by atoms with Crippen LogP contribution >= 0.6 is 0 Å². The molecule has 0 spiro atoms. The Kier molecular flexibility index (Phi) is 6.73. The van der Waals surface area contributed by atoms with Gasteiger partial charge in [0, 0.05) is 18.9 Å². The van der Waals surface area contributed by atoms with Gasteiger partial charge in [-0.15, -0.1) is 0 Å². The van der Waals surface area contributed by atoms with E-state index in [0.717, 1.165) is 27.8 Å². The number of hydrogen-bond donors (Lipinski definition) is 2. The Morgan fingerprint density at radius 3 is 2.15 bits per heavy atom. The maximum absolute atomic E-state index is 13.1. The molecule has 9 heteroatoms.